The fourth-order valence-electron chi connectivity index (χ4n) is 1.68. The Morgan fingerprint density at radius 2 is 2.11 bits per heavy atom. The van der Waals surface area contributed by atoms with Gasteiger partial charge in [-0.05, 0) is 25.1 Å². The average molecular weight is 336 g/mol. The van der Waals surface area contributed by atoms with Gasteiger partial charge in [0.25, 0.3) is 0 Å². The molecule has 18 heavy (non-hydrogen) atoms. The van der Waals surface area contributed by atoms with E-state index in [0.717, 1.165) is 15.8 Å². The molecule has 0 bridgehead atoms. The molecule has 0 aromatic heterocycles. The van der Waals surface area contributed by atoms with Crippen molar-refractivity contribution in [3.8, 4) is 5.75 Å². The van der Waals surface area contributed by atoms with Crippen molar-refractivity contribution in [1.82, 2.24) is 5.32 Å². The first-order valence-electron chi connectivity index (χ1n) is 5.55. The van der Waals surface area contributed by atoms with Gasteiger partial charge in [0.1, 0.15) is 15.6 Å². The summed E-state index contributed by atoms with van der Waals surface area (Å²) in [6, 6.07) is 5.65. The molecule has 0 radical (unpaired) electrons. The van der Waals surface area contributed by atoms with Crippen molar-refractivity contribution in [2.45, 2.75) is 19.5 Å². The Morgan fingerprint density at radius 3 is 2.67 bits per heavy atom. The highest BCUT2D eigenvalue weighted by molar-refractivity contribution is 9.10. The van der Waals surface area contributed by atoms with Crippen LogP contribution >= 0.6 is 15.9 Å². The molecule has 0 aliphatic rings. The predicted molar refractivity (Wildman–Crippen MR) is 76.7 cm³/mol. The summed E-state index contributed by atoms with van der Waals surface area (Å²) in [5.74, 6) is 0.917. The van der Waals surface area contributed by atoms with Crippen LogP contribution in [0, 0.1) is 0 Å². The number of hydrogen-bond donors (Lipinski definition) is 1. The Labute approximate surface area is 117 Å². The maximum Gasteiger partial charge on any atom is 0.148 e. The van der Waals surface area contributed by atoms with Crippen molar-refractivity contribution in [1.29, 1.82) is 0 Å². The number of methoxy groups -OCH3 is 1. The minimum atomic E-state index is -2.95. The first-order chi connectivity index (χ1) is 8.31. The van der Waals surface area contributed by atoms with E-state index < -0.39 is 9.84 Å². The zero-order valence-corrected chi connectivity index (χ0v) is 13.1. The summed E-state index contributed by atoms with van der Waals surface area (Å²) in [5.41, 5.74) is 0.993. The van der Waals surface area contributed by atoms with Crippen LogP contribution < -0.4 is 10.1 Å². The second-order valence-electron chi connectivity index (χ2n) is 4.33. The molecule has 0 spiro atoms. The second-order valence-corrected chi connectivity index (χ2v) is 7.43. The molecular weight excluding hydrogens is 318 g/mol. The lowest BCUT2D eigenvalue weighted by atomic mass is 10.2. The molecule has 0 heterocycles. The van der Waals surface area contributed by atoms with Gasteiger partial charge < -0.3 is 10.1 Å². The Balaban J connectivity index is 2.65. The molecular formula is C12H18BrNO3S. The Morgan fingerprint density at radius 1 is 1.44 bits per heavy atom. The number of sulfone groups is 1. The minimum Gasteiger partial charge on any atom is -0.496 e. The smallest absolute Gasteiger partial charge is 0.148 e. The van der Waals surface area contributed by atoms with E-state index in [1.54, 1.807) is 7.11 Å². The van der Waals surface area contributed by atoms with Crippen LogP contribution in [-0.2, 0) is 16.4 Å². The maximum absolute atomic E-state index is 11.2. The van der Waals surface area contributed by atoms with Gasteiger partial charge in [-0.2, -0.15) is 0 Å². The van der Waals surface area contributed by atoms with E-state index in [0.29, 0.717) is 6.54 Å². The summed E-state index contributed by atoms with van der Waals surface area (Å²) in [5, 5.41) is 3.18. The van der Waals surface area contributed by atoms with E-state index >= 15 is 0 Å². The summed E-state index contributed by atoms with van der Waals surface area (Å²) < 4.78 is 28.5. The summed E-state index contributed by atoms with van der Waals surface area (Å²) in [4.78, 5) is 0. The van der Waals surface area contributed by atoms with E-state index in [2.05, 4.69) is 21.2 Å². The average Bonchev–Trinajstić information content (AvgIpc) is 2.24. The molecule has 1 aromatic rings. The monoisotopic (exact) mass is 335 g/mol. The molecule has 0 aliphatic carbocycles. The minimum absolute atomic E-state index is 0.0938. The van der Waals surface area contributed by atoms with Crippen molar-refractivity contribution in [2.75, 3.05) is 19.1 Å². The number of ether oxygens (including phenoxy) is 1. The number of halogens is 1. The van der Waals surface area contributed by atoms with Crippen LogP contribution in [-0.4, -0.2) is 33.6 Å². The van der Waals surface area contributed by atoms with Gasteiger partial charge in [0.05, 0.1) is 12.9 Å². The summed E-state index contributed by atoms with van der Waals surface area (Å²) in [7, 11) is -1.34. The lowest BCUT2D eigenvalue weighted by Gasteiger charge is -2.14. The van der Waals surface area contributed by atoms with Gasteiger partial charge in [-0.15, -0.1) is 0 Å². The second kappa shape index (κ2) is 6.54. The summed E-state index contributed by atoms with van der Waals surface area (Å²) in [6.07, 6.45) is 1.24. The molecule has 1 atom stereocenters. The third kappa shape index (κ3) is 5.37. The quantitative estimate of drug-likeness (QED) is 0.863. The van der Waals surface area contributed by atoms with Crippen molar-refractivity contribution in [3.63, 3.8) is 0 Å². The first kappa shape index (κ1) is 15.5. The van der Waals surface area contributed by atoms with Gasteiger partial charge in [0, 0.05) is 28.9 Å². The molecule has 6 heteroatoms. The van der Waals surface area contributed by atoms with Gasteiger partial charge in [-0.3, -0.25) is 0 Å². The zero-order chi connectivity index (χ0) is 13.8. The highest BCUT2D eigenvalue weighted by Gasteiger charge is 2.11. The number of benzene rings is 1. The molecule has 0 fully saturated rings. The fraction of sp³-hybridized carbons (Fsp3) is 0.500. The topological polar surface area (TPSA) is 55.4 Å². The van der Waals surface area contributed by atoms with E-state index in [-0.39, 0.29) is 11.8 Å². The zero-order valence-electron chi connectivity index (χ0n) is 10.7. The van der Waals surface area contributed by atoms with Crippen LogP contribution in [0.5, 0.6) is 5.75 Å². The van der Waals surface area contributed by atoms with E-state index in [1.165, 1.54) is 6.26 Å². The highest BCUT2D eigenvalue weighted by atomic mass is 79.9. The van der Waals surface area contributed by atoms with E-state index in [9.17, 15) is 8.42 Å². The van der Waals surface area contributed by atoms with Crippen LogP contribution in [0.4, 0.5) is 0 Å². The van der Waals surface area contributed by atoms with Crippen molar-refractivity contribution < 1.29 is 13.2 Å². The molecule has 1 rings (SSSR count). The molecule has 1 unspecified atom stereocenters. The molecule has 0 amide bonds. The predicted octanol–water partition coefficient (Wildman–Crippen LogP) is 1.98. The van der Waals surface area contributed by atoms with Gasteiger partial charge in [-0.1, -0.05) is 15.9 Å². The molecule has 1 N–H and O–H groups in total. The van der Waals surface area contributed by atoms with Gasteiger partial charge in [0.2, 0.25) is 0 Å². The highest BCUT2D eigenvalue weighted by Crippen LogP contribution is 2.22. The van der Waals surface area contributed by atoms with Crippen LogP contribution in [0.2, 0.25) is 0 Å². The van der Waals surface area contributed by atoms with Crippen molar-refractivity contribution in [2.24, 2.45) is 0 Å². The molecule has 4 nitrogen and oxygen atoms in total. The van der Waals surface area contributed by atoms with E-state index in [1.807, 2.05) is 25.1 Å². The van der Waals surface area contributed by atoms with Gasteiger partial charge in [-0.25, -0.2) is 8.42 Å². The molecule has 102 valence electrons. The number of rotatable bonds is 6. The SMILES string of the molecule is COc1ccc(Br)cc1CNC(C)CS(C)(=O)=O. The standard InChI is InChI=1S/C12H18BrNO3S/c1-9(8-18(3,15)16)14-7-10-6-11(13)4-5-12(10)17-2/h4-6,9,14H,7-8H2,1-3H3. The van der Waals surface area contributed by atoms with Crippen molar-refractivity contribution in [3.05, 3.63) is 28.2 Å². The van der Waals surface area contributed by atoms with Crippen LogP contribution in [0.3, 0.4) is 0 Å². The van der Waals surface area contributed by atoms with Crippen molar-refractivity contribution >= 4 is 25.8 Å². The third-order valence-corrected chi connectivity index (χ3v) is 4.03. The Bertz CT molecular complexity index is 502. The van der Waals surface area contributed by atoms with Crippen LogP contribution in [0.1, 0.15) is 12.5 Å². The fourth-order valence-corrected chi connectivity index (χ4v) is 3.12. The largest absolute Gasteiger partial charge is 0.496 e. The lowest BCUT2D eigenvalue weighted by molar-refractivity contribution is 0.406. The Kier molecular flexibility index (Phi) is 5.62. The molecule has 0 saturated heterocycles. The number of nitrogens with one attached hydrogen (secondary N) is 1. The Hall–Kier alpha value is -0.590. The first-order valence-corrected chi connectivity index (χ1v) is 8.40. The molecule has 0 saturated carbocycles. The van der Waals surface area contributed by atoms with Gasteiger partial charge >= 0.3 is 0 Å². The van der Waals surface area contributed by atoms with Crippen LogP contribution in [0.15, 0.2) is 22.7 Å². The summed E-state index contributed by atoms with van der Waals surface area (Å²) >= 11 is 3.40. The number of hydrogen-bond acceptors (Lipinski definition) is 4. The van der Waals surface area contributed by atoms with Gasteiger partial charge in [0.15, 0.2) is 0 Å². The maximum atomic E-state index is 11.2. The summed E-state index contributed by atoms with van der Waals surface area (Å²) in [6.45, 7) is 2.42. The molecule has 0 aliphatic heterocycles. The third-order valence-electron chi connectivity index (χ3n) is 2.44. The van der Waals surface area contributed by atoms with E-state index in [4.69, 9.17) is 4.74 Å². The molecule has 1 aromatic carbocycles. The lowest BCUT2D eigenvalue weighted by Crippen LogP contribution is -2.32. The normalized spacial score (nSPS) is 13.3. The van der Waals surface area contributed by atoms with Crippen LogP contribution in [0.25, 0.3) is 0 Å².